The minimum absolute atomic E-state index is 0.0561. The van der Waals surface area contributed by atoms with E-state index < -0.39 is 4.92 Å². The van der Waals surface area contributed by atoms with E-state index in [4.69, 9.17) is 5.73 Å². The van der Waals surface area contributed by atoms with Gasteiger partial charge in [0.15, 0.2) is 0 Å². The van der Waals surface area contributed by atoms with E-state index in [9.17, 15) is 10.1 Å². The standard InChI is InChI=1S/C15H22N8O2/c1-4-5-6-7-22-11(3)12(10(2)21-22)8-18-20-14-13(23(24)25)9-17-15(16)19-14/h8-9H,4-7H2,1-3H3,(H3,16,17,19,20)/b18-8-. The van der Waals surface area contributed by atoms with Crippen LogP contribution in [0.4, 0.5) is 17.5 Å². The van der Waals surface area contributed by atoms with Gasteiger partial charge in [0.05, 0.1) is 16.8 Å². The minimum Gasteiger partial charge on any atom is -0.368 e. The second-order valence-corrected chi connectivity index (χ2v) is 5.60. The molecule has 2 heterocycles. The number of aryl methyl sites for hydroxylation is 2. The summed E-state index contributed by atoms with van der Waals surface area (Å²) in [7, 11) is 0. The molecule has 2 aromatic heterocycles. The van der Waals surface area contributed by atoms with Crippen molar-refractivity contribution < 1.29 is 4.92 Å². The molecule has 0 amide bonds. The third-order valence-electron chi connectivity index (χ3n) is 3.76. The van der Waals surface area contributed by atoms with Gasteiger partial charge in [0.25, 0.3) is 0 Å². The second kappa shape index (κ2) is 8.18. The van der Waals surface area contributed by atoms with Crippen molar-refractivity contribution in [1.29, 1.82) is 0 Å². The highest BCUT2D eigenvalue weighted by Crippen LogP contribution is 2.21. The number of rotatable bonds is 8. The van der Waals surface area contributed by atoms with Gasteiger partial charge in [0, 0.05) is 17.8 Å². The largest absolute Gasteiger partial charge is 0.368 e. The Morgan fingerprint density at radius 1 is 1.44 bits per heavy atom. The lowest BCUT2D eigenvalue weighted by Crippen LogP contribution is -2.04. The first-order valence-electron chi connectivity index (χ1n) is 8.04. The van der Waals surface area contributed by atoms with Crippen LogP contribution in [0.2, 0.25) is 0 Å². The summed E-state index contributed by atoms with van der Waals surface area (Å²) in [4.78, 5) is 17.8. The van der Waals surface area contributed by atoms with Crippen LogP contribution >= 0.6 is 0 Å². The predicted octanol–water partition coefficient (Wildman–Crippen LogP) is 2.42. The zero-order valence-corrected chi connectivity index (χ0v) is 14.6. The van der Waals surface area contributed by atoms with E-state index in [0.29, 0.717) is 0 Å². The van der Waals surface area contributed by atoms with Crippen molar-refractivity contribution in [2.45, 2.75) is 46.6 Å². The number of hydrogen-bond acceptors (Lipinski definition) is 8. The molecule has 0 aliphatic heterocycles. The highest BCUT2D eigenvalue weighted by atomic mass is 16.6. The van der Waals surface area contributed by atoms with E-state index in [-0.39, 0.29) is 17.5 Å². The Labute approximate surface area is 145 Å². The van der Waals surface area contributed by atoms with Gasteiger partial charge >= 0.3 is 5.69 Å². The molecule has 25 heavy (non-hydrogen) atoms. The van der Waals surface area contributed by atoms with Gasteiger partial charge in [-0.05, 0) is 20.3 Å². The fourth-order valence-corrected chi connectivity index (χ4v) is 2.39. The van der Waals surface area contributed by atoms with Crippen LogP contribution < -0.4 is 11.2 Å². The zero-order valence-electron chi connectivity index (χ0n) is 14.6. The van der Waals surface area contributed by atoms with Crippen LogP contribution in [-0.2, 0) is 6.54 Å². The number of anilines is 2. The normalized spacial score (nSPS) is 11.2. The topological polar surface area (TPSA) is 137 Å². The summed E-state index contributed by atoms with van der Waals surface area (Å²) in [5.41, 5.74) is 10.4. The maximum Gasteiger partial charge on any atom is 0.331 e. The summed E-state index contributed by atoms with van der Waals surface area (Å²) in [5.74, 6) is -0.126. The van der Waals surface area contributed by atoms with Crippen LogP contribution in [0, 0.1) is 24.0 Å². The molecule has 0 bridgehead atoms. The molecule has 3 N–H and O–H groups in total. The molecule has 0 aliphatic carbocycles. The number of nitro groups is 1. The van der Waals surface area contributed by atoms with Crippen LogP contribution in [0.25, 0.3) is 0 Å². The van der Waals surface area contributed by atoms with E-state index in [0.717, 1.165) is 49.0 Å². The minimum atomic E-state index is -0.598. The van der Waals surface area contributed by atoms with Crippen LogP contribution in [0.15, 0.2) is 11.3 Å². The molecule has 0 atom stereocenters. The van der Waals surface area contributed by atoms with E-state index in [1.165, 1.54) is 0 Å². The van der Waals surface area contributed by atoms with Crippen LogP contribution in [0.5, 0.6) is 0 Å². The van der Waals surface area contributed by atoms with Crippen molar-refractivity contribution in [3.05, 3.63) is 33.3 Å². The Balaban J connectivity index is 2.15. The molecule has 10 nitrogen and oxygen atoms in total. The number of aromatic nitrogens is 4. The molecule has 2 aromatic rings. The summed E-state index contributed by atoms with van der Waals surface area (Å²) in [6.45, 7) is 6.88. The van der Waals surface area contributed by atoms with Gasteiger partial charge in [-0.15, -0.1) is 0 Å². The number of unbranched alkanes of at least 4 members (excludes halogenated alkanes) is 2. The third kappa shape index (κ3) is 4.49. The Hall–Kier alpha value is -3.04. The van der Waals surface area contributed by atoms with Crippen LogP contribution in [-0.4, -0.2) is 30.9 Å². The molecule has 0 fully saturated rings. The smallest absolute Gasteiger partial charge is 0.331 e. The third-order valence-corrected chi connectivity index (χ3v) is 3.76. The lowest BCUT2D eigenvalue weighted by atomic mass is 10.2. The molecular weight excluding hydrogens is 324 g/mol. The van der Waals surface area contributed by atoms with Gasteiger partial charge in [-0.2, -0.15) is 15.2 Å². The van der Waals surface area contributed by atoms with Gasteiger partial charge in [-0.25, -0.2) is 4.98 Å². The maximum atomic E-state index is 11.0. The fourth-order valence-electron chi connectivity index (χ4n) is 2.39. The van der Waals surface area contributed by atoms with Crippen LogP contribution in [0.1, 0.15) is 43.1 Å². The Bertz CT molecular complexity index is 784. The Morgan fingerprint density at radius 2 is 2.20 bits per heavy atom. The molecule has 0 aliphatic rings. The van der Waals surface area contributed by atoms with Gasteiger partial charge in [0.1, 0.15) is 6.20 Å². The van der Waals surface area contributed by atoms with Gasteiger partial charge in [-0.3, -0.25) is 20.2 Å². The fraction of sp³-hybridized carbons (Fsp3) is 0.467. The van der Waals surface area contributed by atoms with Gasteiger partial charge < -0.3 is 5.73 Å². The first kappa shape index (κ1) is 18.3. The highest BCUT2D eigenvalue weighted by molar-refractivity contribution is 5.83. The second-order valence-electron chi connectivity index (χ2n) is 5.60. The predicted molar refractivity (Wildman–Crippen MR) is 95.5 cm³/mol. The molecule has 2 rings (SSSR count). The summed E-state index contributed by atoms with van der Waals surface area (Å²) >= 11 is 0. The number of nitrogens with one attached hydrogen (secondary N) is 1. The van der Waals surface area contributed by atoms with E-state index in [1.807, 2.05) is 18.5 Å². The van der Waals surface area contributed by atoms with E-state index in [1.54, 1.807) is 6.21 Å². The summed E-state index contributed by atoms with van der Waals surface area (Å²) < 4.78 is 1.96. The average Bonchev–Trinajstić information content (AvgIpc) is 2.82. The van der Waals surface area contributed by atoms with Gasteiger partial charge in [0.2, 0.25) is 11.8 Å². The monoisotopic (exact) mass is 346 g/mol. The number of nitrogens with two attached hydrogens (primary N) is 1. The summed E-state index contributed by atoms with van der Waals surface area (Å²) in [6, 6.07) is 0. The van der Waals surface area contributed by atoms with Crippen molar-refractivity contribution in [1.82, 2.24) is 19.7 Å². The first-order chi connectivity index (χ1) is 11.9. The summed E-state index contributed by atoms with van der Waals surface area (Å²) in [5, 5.41) is 19.5. The first-order valence-corrected chi connectivity index (χ1v) is 8.04. The molecule has 0 saturated carbocycles. The SMILES string of the molecule is CCCCCn1nc(C)c(/C=N\Nc2nc(N)ncc2[N+](=O)[O-])c1C. The lowest BCUT2D eigenvalue weighted by molar-refractivity contribution is -0.384. The molecule has 0 aromatic carbocycles. The number of hydrogen-bond donors (Lipinski definition) is 2. The molecule has 0 radical (unpaired) electrons. The summed E-state index contributed by atoms with van der Waals surface area (Å²) in [6.07, 6.45) is 6.00. The lowest BCUT2D eigenvalue weighted by Gasteiger charge is -2.03. The Morgan fingerprint density at radius 3 is 2.88 bits per heavy atom. The van der Waals surface area contributed by atoms with Crippen molar-refractivity contribution in [3.8, 4) is 0 Å². The van der Waals surface area contributed by atoms with Crippen molar-refractivity contribution >= 4 is 23.7 Å². The molecule has 10 heteroatoms. The molecular formula is C15H22N8O2. The van der Waals surface area contributed by atoms with Crippen LogP contribution in [0.3, 0.4) is 0 Å². The molecule has 134 valence electrons. The number of nitrogens with zero attached hydrogens (tertiary/aromatic N) is 6. The van der Waals surface area contributed by atoms with Crippen molar-refractivity contribution in [3.63, 3.8) is 0 Å². The number of nitrogen functional groups attached to an aromatic ring is 1. The molecule has 0 unspecified atom stereocenters. The quantitative estimate of drug-likeness (QED) is 0.324. The van der Waals surface area contributed by atoms with Gasteiger partial charge in [-0.1, -0.05) is 19.8 Å². The van der Waals surface area contributed by atoms with E-state index in [2.05, 4.69) is 32.5 Å². The molecule has 0 spiro atoms. The van der Waals surface area contributed by atoms with E-state index >= 15 is 0 Å². The molecule has 0 saturated heterocycles. The average molecular weight is 346 g/mol. The van der Waals surface area contributed by atoms with Crippen molar-refractivity contribution in [2.24, 2.45) is 5.10 Å². The van der Waals surface area contributed by atoms with Crippen molar-refractivity contribution in [2.75, 3.05) is 11.2 Å². The maximum absolute atomic E-state index is 11.0. The number of hydrazone groups is 1. The zero-order chi connectivity index (χ0) is 18.4. The highest BCUT2D eigenvalue weighted by Gasteiger charge is 2.16. The Kier molecular flexibility index (Phi) is 5.98.